The van der Waals surface area contributed by atoms with Crippen molar-refractivity contribution in [3.05, 3.63) is 64.2 Å². The molecule has 2 aliphatic heterocycles. The minimum atomic E-state index is 0.0277. The van der Waals surface area contributed by atoms with Gasteiger partial charge < -0.3 is 9.64 Å². The summed E-state index contributed by atoms with van der Waals surface area (Å²) in [5, 5.41) is 0.523. The average molecular weight is 357 g/mol. The molecule has 0 unspecified atom stereocenters. The number of nitrogens with zero attached hydrogens (tertiary/aromatic N) is 2. The van der Waals surface area contributed by atoms with Crippen molar-refractivity contribution in [1.29, 1.82) is 0 Å². The molecule has 0 bridgehead atoms. The standard InChI is InChI=1S/C20H21ClN2O2/c21-18-4-2-1-3-17(18)20(24)23-10-8-22(9-11-23)14-15-5-6-19-16(13-15)7-12-25-19/h1-6,13H,7-12,14H2. The monoisotopic (exact) mass is 356 g/mol. The van der Waals surface area contributed by atoms with E-state index in [2.05, 4.69) is 23.1 Å². The first-order valence-electron chi connectivity index (χ1n) is 8.71. The minimum absolute atomic E-state index is 0.0277. The Kier molecular flexibility index (Phi) is 4.64. The third-order valence-corrected chi connectivity index (χ3v) is 5.25. The minimum Gasteiger partial charge on any atom is -0.493 e. The summed E-state index contributed by atoms with van der Waals surface area (Å²) in [5.41, 5.74) is 3.22. The average Bonchev–Trinajstić information content (AvgIpc) is 3.10. The molecule has 1 amide bonds. The van der Waals surface area contributed by atoms with Crippen LogP contribution in [0.2, 0.25) is 5.02 Å². The summed E-state index contributed by atoms with van der Waals surface area (Å²) in [6, 6.07) is 13.7. The Bertz CT molecular complexity index is 785. The summed E-state index contributed by atoms with van der Waals surface area (Å²) in [4.78, 5) is 16.9. The number of halogens is 1. The molecular weight excluding hydrogens is 336 g/mol. The van der Waals surface area contributed by atoms with Gasteiger partial charge in [0, 0.05) is 39.1 Å². The predicted octanol–water partition coefficient (Wildman–Crippen LogP) is 3.23. The van der Waals surface area contributed by atoms with Crippen LogP contribution < -0.4 is 4.74 Å². The second-order valence-corrected chi connectivity index (χ2v) is 7.00. The van der Waals surface area contributed by atoms with E-state index in [4.69, 9.17) is 16.3 Å². The van der Waals surface area contributed by atoms with Gasteiger partial charge in [0.15, 0.2) is 0 Å². The van der Waals surface area contributed by atoms with Gasteiger partial charge in [0.1, 0.15) is 5.75 Å². The number of ether oxygens (including phenoxy) is 1. The largest absolute Gasteiger partial charge is 0.493 e. The van der Waals surface area contributed by atoms with Gasteiger partial charge in [-0.15, -0.1) is 0 Å². The molecule has 25 heavy (non-hydrogen) atoms. The molecule has 4 rings (SSSR count). The summed E-state index contributed by atoms with van der Waals surface area (Å²) in [6.45, 7) is 4.94. The maximum Gasteiger partial charge on any atom is 0.255 e. The summed E-state index contributed by atoms with van der Waals surface area (Å²) < 4.78 is 5.57. The van der Waals surface area contributed by atoms with Crippen LogP contribution in [0.3, 0.4) is 0 Å². The summed E-state index contributed by atoms with van der Waals surface area (Å²) in [6.07, 6.45) is 1.00. The Morgan fingerprint density at radius 3 is 2.68 bits per heavy atom. The van der Waals surface area contributed by atoms with E-state index in [9.17, 15) is 4.79 Å². The molecule has 0 spiro atoms. The number of piperazine rings is 1. The van der Waals surface area contributed by atoms with Crippen LogP contribution >= 0.6 is 11.6 Å². The summed E-state index contributed by atoms with van der Waals surface area (Å²) >= 11 is 6.15. The van der Waals surface area contributed by atoms with Crippen molar-refractivity contribution in [3.8, 4) is 5.75 Å². The Hall–Kier alpha value is -2.04. The van der Waals surface area contributed by atoms with E-state index in [1.54, 1.807) is 12.1 Å². The number of carbonyl (C=O) groups is 1. The van der Waals surface area contributed by atoms with Crippen LogP contribution in [0, 0.1) is 0 Å². The van der Waals surface area contributed by atoms with Crippen molar-refractivity contribution in [2.75, 3.05) is 32.8 Å². The van der Waals surface area contributed by atoms with Gasteiger partial charge >= 0.3 is 0 Å². The van der Waals surface area contributed by atoms with Gasteiger partial charge in [0.2, 0.25) is 0 Å². The number of hydrogen-bond donors (Lipinski definition) is 0. The molecule has 5 heteroatoms. The summed E-state index contributed by atoms with van der Waals surface area (Å²) in [5.74, 6) is 1.05. The molecule has 2 heterocycles. The lowest BCUT2D eigenvalue weighted by atomic mass is 10.1. The lowest BCUT2D eigenvalue weighted by Gasteiger charge is -2.35. The third-order valence-electron chi connectivity index (χ3n) is 4.92. The van der Waals surface area contributed by atoms with Crippen LogP contribution in [0.4, 0.5) is 0 Å². The first kappa shape index (κ1) is 16.4. The highest BCUT2D eigenvalue weighted by Crippen LogP contribution is 2.26. The van der Waals surface area contributed by atoms with E-state index in [0.717, 1.165) is 51.5 Å². The summed E-state index contributed by atoms with van der Waals surface area (Å²) in [7, 11) is 0. The van der Waals surface area contributed by atoms with Crippen LogP contribution in [0.25, 0.3) is 0 Å². The van der Waals surface area contributed by atoms with Crippen molar-refractivity contribution >= 4 is 17.5 Å². The topological polar surface area (TPSA) is 32.8 Å². The smallest absolute Gasteiger partial charge is 0.255 e. The Balaban J connectivity index is 1.35. The third kappa shape index (κ3) is 3.51. The van der Waals surface area contributed by atoms with Gasteiger partial charge in [-0.3, -0.25) is 9.69 Å². The molecule has 0 radical (unpaired) electrons. The van der Waals surface area contributed by atoms with E-state index in [1.165, 1.54) is 11.1 Å². The fraction of sp³-hybridized carbons (Fsp3) is 0.350. The van der Waals surface area contributed by atoms with Crippen LogP contribution in [0.5, 0.6) is 5.75 Å². The van der Waals surface area contributed by atoms with Gasteiger partial charge in [0.05, 0.1) is 17.2 Å². The van der Waals surface area contributed by atoms with E-state index in [-0.39, 0.29) is 5.91 Å². The zero-order valence-corrected chi connectivity index (χ0v) is 14.8. The molecule has 1 saturated heterocycles. The number of carbonyl (C=O) groups excluding carboxylic acids is 1. The van der Waals surface area contributed by atoms with E-state index in [1.807, 2.05) is 17.0 Å². The number of rotatable bonds is 3. The Morgan fingerprint density at radius 1 is 1.08 bits per heavy atom. The first-order valence-corrected chi connectivity index (χ1v) is 9.09. The predicted molar refractivity (Wildman–Crippen MR) is 98.3 cm³/mol. The second kappa shape index (κ2) is 7.06. The highest BCUT2D eigenvalue weighted by atomic mass is 35.5. The molecule has 2 aliphatic rings. The SMILES string of the molecule is O=C(c1ccccc1Cl)N1CCN(Cc2ccc3c(c2)CCO3)CC1. The zero-order valence-electron chi connectivity index (χ0n) is 14.1. The molecule has 2 aromatic carbocycles. The van der Waals surface area contributed by atoms with Crippen molar-refractivity contribution in [1.82, 2.24) is 9.80 Å². The van der Waals surface area contributed by atoms with Crippen molar-refractivity contribution in [2.24, 2.45) is 0 Å². The molecule has 4 nitrogen and oxygen atoms in total. The van der Waals surface area contributed by atoms with E-state index in [0.29, 0.717) is 10.6 Å². The number of hydrogen-bond acceptors (Lipinski definition) is 3. The Morgan fingerprint density at radius 2 is 1.88 bits per heavy atom. The maximum atomic E-state index is 12.6. The van der Waals surface area contributed by atoms with Gasteiger partial charge in [-0.2, -0.15) is 0 Å². The normalized spacial score (nSPS) is 17.2. The van der Waals surface area contributed by atoms with Gasteiger partial charge in [-0.1, -0.05) is 35.9 Å². The van der Waals surface area contributed by atoms with Crippen LogP contribution in [-0.2, 0) is 13.0 Å². The van der Waals surface area contributed by atoms with E-state index < -0.39 is 0 Å². The molecule has 1 fully saturated rings. The van der Waals surface area contributed by atoms with Gasteiger partial charge in [-0.25, -0.2) is 0 Å². The second-order valence-electron chi connectivity index (χ2n) is 6.59. The number of amides is 1. The lowest BCUT2D eigenvalue weighted by Crippen LogP contribution is -2.48. The molecule has 0 atom stereocenters. The van der Waals surface area contributed by atoms with Crippen LogP contribution in [0.1, 0.15) is 21.5 Å². The van der Waals surface area contributed by atoms with Crippen molar-refractivity contribution < 1.29 is 9.53 Å². The number of fused-ring (bicyclic) bond motifs is 1. The fourth-order valence-corrected chi connectivity index (χ4v) is 3.73. The Labute approximate surface area is 152 Å². The van der Waals surface area contributed by atoms with E-state index >= 15 is 0 Å². The van der Waals surface area contributed by atoms with Crippen molar-refractivity contribution in [3.63, 3.8) is 0 Å². The lowest BCUT2D eigenvalue weighted by molar-refractivity contribution is 0.0628. The zero-order chi connectivity index (χ0) is 17.2. The van der Waals surface area contributed by atoms with Crippen molar-refractivity contribution in [2.45, 2.75) is 13.0 Å². The quantitative estimate of drug-likeness (QED) is 0.846. The molecule has 2 aromatic rings. The highest BCUT2D eigenvalue weighted by molar-refractivity contribution is 6.33. The number of benzene rings is 2. The fourth-order valence-electron chi connectivity index (χ4n) is 3.51. The molecule has 0 saturated carbocycles. The molecule has 0 aliphatic carbocycles. The maximum absolute atomic E-state index is 12.6. The van der Waals surface area contributed by atoms with Gasteiger partial charge in [0.25, 0.3) is 5.91 Å². The molecule has 130 valence electrons. The molecular formula is C20H21ClN2O2. The highest BCUT2D eigenvalue weighted by Gasteiger charge is 2.23. The van der Waals surface area contributed by atoms with Gasteiger partial charge in [-0.05, 0) is 29.3 Å². The molecule has 0 aromatic heterocycles. The first-order chi connectivity index (χ1) is 12.2. The molecule has 0 N–H and O–H groups in total. The van der Waals surface area contributed by atoms with Crippen LogP contribution in [-0.4, -0.2) is 48.5 Å². The van der Waals surface area contributed by atoms with Crippen LogP contribution in [0.15, 0.2) is 42.5 Å².